The van der Waals surface area contributed by atoms with Crippen LogP contribution in [0, 0.1) is 5.82 Å². The van der Waals surface area contributed by atoms with Crippen LogP contribution in [0.1, 0.15) is 0 Å². The van der Waals surface area contributed by atoms with E-state index in [1.807, 2.05) is 0 Å². The molecule has 1 aromatic carbocycles. The molecule has 0 radical (unpaired) electrons. The van der Waals surface area contributed by atoms with Crippen molar-refractivity contribution in [2.75, 3.05) is 5.73 Å². The summed E-state index contributed by atoms with van der Waals surface area (Å²) >= 11 is 1.26. The predicted octanol–water partition coefficient (Wildman–Crippen LogP) is 2.65. The Morgan fingerprint density at radius 3 is 2.65 bits per heavy atom. The van der Waals surface area contributed by atoms with Gasteiger partial charge in [0.15, 0.2) is 11.0 Å². The second-order valence-corrected chi connectivity index (χ2v) is 5.62. The van der Waals surface area contributed by atoms with Crippen LogP contribution < -0.4 is 5.73 Å². The molecule has 2 N–H and O–H groups in total. The molecule has 0 aliphatic carbocycles. The summed E-state index contributed by atoms with van der Waals surface area (Å²) in [6.07, 6.45) is 3.07. The van der Waals surface area contributed by atoms with E-state index in [1.54, 1.807) is 18.2 Å². The predicted molar refractivity (Wildman–Crippen MR) is 81.2 cm³/mol. The number of benzene rings is 1. The monoisotopic (exact) mass is 328 g/mol. The Morgan fingerprint density at radius 1 is 1.09 bits per heavy atom. The van der Waals surface area contributed by atoms with Crippen LogP contribution in [0.15, 0.2) is 57.3 Å². The van der Waals surface area contributed by atoms with Gasteiger partial charge in [-0.1, -0.05) is 0 Å². The van der Waals surface area contributed by atoms with E-state index in [2.05, 4.69) is 20.1 Å². The number of furan rings is 1. The van der Waals surface area contributed by atoms with Gasteiger partial charge >= 0.3 is 0 Å². The third-order valence-electron chi connectivity index (χ3n) is 3.02. The SMILES string of the molecule is Nc1nc(Sc2ccc(F)cc2)nc2nc(-c3ccoc3)nn12. The molecule has 9 heteroatoms. The second-order valence-electron chi connectivity index (χ2n) is 4.58. The van der Waals surface area contributed by atoms with E-state index in [0.29, 0.717) is 16.8 Å². The van der Waals surface area contributed by atoms with E-state index in [-0.39, 0.29) is 11.8 Å². The first-order valence-electron chi connectivity index (χ1n) is 6.55. The summed E-state index contributed by atoms with van der Waals surface area (Å²) in [6, 6.07) is 7.78. The van der Waals surface area contributed by atoms with Crippen LogP contribution in [0.5, 0.6) is 0 Å². The molecule has 0 spiro atoms. The molecule has 0 atom stereocenters. The van der Waals surface area contributed by atoms with Gasteiger partial charge in [-0.15, -0.1) is 5.10 Å². The standard InChI is InChI=1S/C14H9FN6OS/c15-9-1-3-10(4-2-9)23-14-18-12(16)21-13(19-14)17-11(20-21)8-5-6-22-7-8/h1-7H,(H2,16,17,18,19,20). The van der Waals surface area contributed by atoms with E-state index in [4.69, 9.17) is 10.2 Å². The highest BCUT2D eigenvalue weighted by molar-refractivity contribution is 7.99. The summed E-state index contributed by atoms with van der Waals surface area (Å²) in [5, 5.41) is 4.66. The second kappa shape index (κ2) is 5.36. The summed E-state index contributed by atoms with van der Waals surface area (Å²) in [4.78, 5) is 13.6. The van der Waals surface area contributed by atoms with Crippen molar-refractivity contribution in [3.63, 3.8) is 0 Å². The van der Waals surface area contributed by atoms with Gasteiger partial charge in [0.1, 0.15) is 12.1 Å². The zero-order valence-corrected chi connectivity index (χ0v) is 12.4. The number of nitrogens with two attached hydrogens (primary N) is 1. The van der Waals surface area contributed by atoms with Gasteiger partial charge in [0.25, 0.3) is 5.78 Å². The van der Waals surface area contributed by atoms with Crippen molar-refractivity contribution in [3.8, 4) is 11.4 Å². The van der Waals surface area contributed by atoms with Crippen molar-refractivity contribution >= 4 is 23.5 Å². The van der Waals surface area contributed by atoms with Crippen LogP contribution in [0.25, 0.3) is 17.2 Å². The van der Waals surface area contributed by atoms with Crippen LogP contribution in [-0.2, 0) is 0 Å². The number of fused-ring (bicyclic) bond motifs is 1. The summed E-state index contributed by atoms with van der Waals surface area (Å²) in [6.45, 7) is 0. The Balaban J connectivity index is 1.73. The van der Waals surface area contributed by atoms with Gasteiger partial charge in [0, 0.05) is 4.90 Å². The molecule has 4 aromatic rings. The maximum absolute atomic E-state index is 12.9. The largest absolute Gasteiger partial charge is 0.472 e. The average Bonchev–Trinajstić information content (AvgIpc) is 3.18. The lowest BCUT2D eigenvalue weighted by atomic mass is 10.3. The molecule has 0 unspecified atom stereocenters. The number of halogens is 1. The Hall–Kier alpha value is -2.94. The van der Waals surface area contributed by atoms with E-state index < -0.39 is 0 Å². The molecule has 0 saturated carbocycles. The molecule has 0 bridgehead atoms. The Bertz CT molecular complexity index is 967. The summed E-state index contributed by atoms with van der Waals surface area (Å²) in [5.41, 5.74) is 6.64. The minimum Gasteiger partial charge on any atom is -0.472 e. The minimum atomic E-state index is -0.299. The maximum atomic E-state index is 12.9. The van der Waals surface area contributed by atoms with Crippen molar-refractivity contribution in [3.05, 3.63) is 48.7 Å². The van der Waals surface area contributed by atoms with Gasteiger partial charge in [0.2, 0.25) is 5.95 Å². The Kier molecular flexibility index (Phi) is 3.19. The van der Waals surface area contributed by atoms with Crippen molar-refractivity contribution in [2.45, 2.75) is 10.1 Å². The molecule has 4 rings (SSSR count). The molecule has 0 aliphatic rings. The quantitative estimate of drug-likeness (QED) is 0.617. The van der Waals surface area contributed by atoms with Crippen LogP contribution in [0.4, 0.5) is 10.3 Å². The summed E-state index contributed by atoms with van der Waals surface area (Å²) in [5.74, 6) is 0.649. The van der Waals surface area contributed by atoms with Gasteiger partial charge in [-0.3, -0.25) is 0 Å². The minimum absolute atomic E-state index is 0.168. The number of anilines is 1. The number of aromatic nitrogens is 5. The zero-order valence-electron chi connectivity index (χ0n) is 11.5. The normalized spacial score (nSPS) is 11.2. The third-order valence-corrected chi connectivity index (χ3v) is 3.89. The fourth-order valence-corrected chi connectivity index (χ4v) is 2.70. The first-order chi connectivity index (χ1) is 11.2. The highest BCUT2D eigenvalue weighted by atomic mass is 32.2. The van der Waals surface area contributed by atoms with Crippen LogP contribution in [-0.4, -0.2) is 24.6 Å². The average molecular weight is 328 g/mol. The fourth-order valence-electron chi connectivity index (χ4n) is 1.95. The van der Waals surface area contributed by atoms with Gasteiger partial charge < -0.3 is 10.2 Å². The molecular weight excluding hydrogens is 319 g/mol. The van der Waals surface area contributed by atoms with Gasteiger partial charge in [-0.25, -0.2) is 4.39 Å². The van der Waals surface area contributed by atoms with E-state index in [1.165, 1.54) is 40.9 Å². The van der Waals surface area contributed by atoms with E-state index in [9.17, 15) is 4.39 Å². The maximum Gasteiger partial charge on any atom is 0.258 e. The van der Waals surface area contributed by atoms with Gasteiger partial charge in [0.05, 0.1) is 11.8 Å². The third kappa shape index (κ3) is 2.61. The molecule has 0 saturated heterocycles. The highest BCUT2D eigenvalue weighted by Gasteiger charge is 2.13. The molecule has 3 aromatic heterocycles. The smallest absolute Gasteiger partial charge is 0.258 e. The lowest BCUT2D eigenvalue weighted by Gasteiger charge is -2.02. The molecule has 3 heterocycles. The van der Waals surface area contributed by atoms with Gasteiger partial charge in [-0.05, 0) is 42.1 Å². The highest BCUT2D eigenvalue weighted by Crippen LogP contribution is 2.26. The Labute approximate surface area is 133 Å². The molecule has 0 fully saturated rings. The molecular formula is C14H9FN6OS. The van der Waals surface area contributed by atoms with E-state index >= 15 is 0 Å². The van der Waals surface area contributed by atoms with Crippen molar-refractivity contribution < 1.29 is 8.81 Å². The van der Waals surface area contributed by atoms with Crippen molar-refractivity contribution in [2.24, 2.45) is 0 Å². The van der Waals surface area contributed by atoms with Gasteiger partial charge in [-0.2, -0.15) is 19.5 Å². The number of nitrogen functional groups attached to an aromatic ring is 1. The number of hydrogen-bond donors (Lipinski definition) is 1. The number of hydrogen-bond acceptors (Lipinski definition) is 7. The van der Waals surface area contributed by atoms with Crippen LogP contribution >= 0.6 is 11.8 Å². The number of nitrogens with zero attached hydrogens (tertiary/aromatic N) is 5. The molecule has 0 aliphatic heterocycles. The first kappa shape index (κ1) is 13.7. The summed E-state index contributed by atoms with van der Waals surface area (Å²) in [7, 11) is 0. The topological polar surface area (TPSA) is 95.1 Å². The molecule has 114 valence electrons. The van der Waals surface area contributed by atoms with Crippen LogP contribution in [0.3, 0.4) is 0 Å². The first-order valence-corrected chi connectivity index (χ1v) is 7.37. The molecule has 0 amide bonds. The fraction of sp³-hybridized carbons (Fsp3) is 0. The van der Waals surface area contributed by atoms with Crippen molar-refractivity contribution in [1.82, 2.24) is 24.6 Å². The molecule has 23 heavy (non-hydrogen) atoms. The lowest BCUT2D eigenvalue weighted by Crippen LogP contribution is -2.05. The van der Waals surface area contributed by atoms with E-state index in [0.717, 1.165) is 10.5 Å². The lowest BCUT2D eigenvalue weighted by molar-refractivity contribution is 0.568. The van der Waals surface area contributed by atoms with Crippen molar-refractivity contribution in [1.29, 1.82) is 0 Å². The zero-order chi connectivity index (χ0) is 15.8. The van der Waals surface area contributed by atoms with Crippen LogP contribution in [0.2, 0.25) is 0 Å². The summed E-state index contributed by atoms with van der Waals surface area (Å²) < 4.78 is 19.3. The Morgan fingerprint density at radius 2 is 1.91 bits per heavy atom. The number of rotatable bonds is 3. The molecule has 7 nitrogen and oxygen atoms in total.